The molecule has 0 aliphatic rings. The first-order chi connectivity index (χ1) is 9.70. The molecule has 6 heteroatoms. The molecule has 0 radical (unpaired) electrons. The fourth-order valence-electron chi connectivity index (χ4n) is 2.20. The second-order valence-electron chi connectivity index (χ2n) is 4.40. The zero-order chi connectivity index (χ0) is 14.1. The van der Waals surface area contributed by atoms with Crippen molar-refractivity contribution in [1.29, 1.82) is 0 Å². The predicted molar refractivity (Wildman–Crippen MR) is 76.5 cm³/mol. The van der Waals surface area contributed by atoms with Gasteiger partial charge in [-0.1, -0.05) is 17.7 Å². The topological polar surface area (TPSA) is 63.8 Å². The molecule has 0 aliphatic carbocycles. The van der Waals surface area contributed by atoms with Gasteiger partial charge in [-0.2, -0.15) is 5.10 Å². The van der Waals surface area contributed by atoms with Crippen molar-refractivity contribution in [1.82, 2.24) is 19.7 Å². The van der Waals surface area contributed by atoms with Crippen molar-refractivity contribution in [2.45, 2.75) is 19.6 Å². The maximum absolute atomic E-state index is 10.5. The fraction of sp³-hybridized carbons (Fsp3) is 0.214. The van der Waals surface area contributed by atoms with E-state index >= 15 is 0 Å². The number of aliphatic hydroxyl groups is 1. The molecule has 0 amide bonds. The van der Waals surface area contributed by atoms with Crippen molar-refractivity contribution in [2.75, 3.05) is 0 Å². The average molecular weight is 289 g/mol. The lowest BCUT2D eigenvalue weighted by atomic mass is 10.1. The van der Waals surface area contributed by atoms with Gasteiger partial charge in [-0.15, -0.1) is 0 Å². The Morgan fingerprint density at radius 3 is 2.75 bits per heavy atom. The summed E-state index contributed by atoms with van der Waals surface area (Å²) in [7, 11) is 0. The van der Waals surface area contributed by atoms with Crippen molar-refractivity contribution in [3.8, 4) is 0 Å². The molecular formula is C14H13ClN4O. The summed E-state index contributed by atoms with van der Waals surface area (Å²) < 4.78 is 1.69. The first kappa shape index (κ1) is 13.0. The van der Waals surface area contributed by atoms with Crippen LogP contribution in [0, 0.1) is 0 Å². The molecule has 0 saturated heterocycles. The maximum Gasteiger partial charge on any atom is 0.122 e. The van der Waals surface area contributed by atoms with Crippen LogP contribution in [0.1, 0.15) is 24.3 Å². The number of hydrogen-bond donors (Lipinski definition) is 1. The van der Waals surface area contributed by atoms with Gasteiger partial charge >= 0.3 is 0 Å². The molecule has 0 fully saturated rings. The number of rotatable bonds is 3. The lowest BCUT2D eigenvalue weighted by Crippen LogP contribution is -2.09. The first-order valence-electron chi connectivity index (χ1n) is 6.30. The van der Waals surface area contributed by atoms with Crippen molar-refractivity contribution < 1.29 is 5.11 Å². The van der Waals surface area contributed by atoms with Crippen LogP contribution in [0.25, 0.3) is 11.0 Å². The number of aryl methyl sites for hydroxylation is 1. The van der Waals surface area contributed by atoms with E-state index in [0.29, 0.717) is 17.3 Å². The normalized spacial score (nSPS) is 12.8. The van der Waals surface area contributed by atoms with Crippen LogP contribution >= 0.6 is 11.6 Å². The number of fused-ring (bicyclic) bond motifs is 1. The smallest absolute Gasteiger partial charge is 0.122 e. The number of aliphatic hydroxyl groups excluding tert-OH is 1. The highest BCUT2D eigenvalue weighted by Crippen LogP contribution is 2.29. The first-order valence-corrected chi connectivity index (χ1v) is 6.68. The molecular weight excluding hydrogens is 276 g/mol. The molecule has 102 valence electrons. The number of benzene rings is 1. The summed E-state index contributed by atoms with van der Waals surface area (Å²) in [5, 5.41) is 15.1. The highest BCUT2D eigenvalue weighted by Gasteiger charge is 2.19. The summed E-state index contributed by atoms with van der Waals surface area (Å²) in [6, 6.07) is 5.47. The SMILES string of the molecule is CCn1ncc(Cl)c1C(O)c1ccc2nccnc2c1. The third kappa shape index (κ3) is 2.15. The largest absolute Gasteiger partial charge is 0.382 e. The summed E-state index contributed by atoms with van der Waals surface area (Å²) >= 11 is 6.12. The lowest BCUT2D eigenvalue weighted by Gasteiger charge is -2.14. The van der Waals surface area contributed by atoms with Gasteiger partial charge < -0.3 is 5.11 Å². The molecule has 3 aromatic rings. The quantitative estimate of drug-likeness (QED) is 0.804. The van der Waals surface area contributed by atoms with E-state index in [2.05, 4.69) is 15.1 Å². The molecule has 2 aromatic heterocycles. The second-order valence-corrected chi connectivity index (χ2v) is 4.81. The molecule has 20 heavy (non-hydrogen) atoms. The van der Waals surface area contributed by atoms with Crippen molar-refractivity contribution in [3.05, 3.63) is 53.1 Å². The second kappa shape index (κ2) is 5.19. The van der Waals surface area contributed by atoms with Gasteiger partial charge in [0, 0.05) is 18.9 Å². The number of nitrogens with zero attached hydrogens (tertiary/aromatic N) is 4. The minimum absolute atomic E-state index is 0.457. The van der Waals surface area contributed by atoms with E-state index < -0.39 is 6.10 Å². The third-order valence-electron chi connectivity index (χ3n) is 3.20. The minimum atomic E-state index is -0.837. The summed E-state index contributed by atoms with van der Waals surface area (Å²) in [5.41, 5.74) is 2.84. The van der Waals surface area contributed by atoms with Crippen LogP contribution in [-0.4, -0.2) is 24.9 Å². The van der Waals surface area contributed by atoms with E-state index in [1.807, 2.05) is 25.1 Å². The highest BCUT2D eigenvalue weighted by molar-refractivity contribution is 6.31. The molecule has 1 N–H and O–H groups in total. The van der Waals surface area contributed by atoms with Crippen LogP contribution in [0.2, 0.25) is 5.02 Å². The van der Waals surface area contributed by atoms with Gasteiger partial charge in [-0.3, -0.25) is 14.6 Å². The van der Waals surface area contributed by atoms with Gasteiger partial charge in [0.15, 0.2) is 0 Å². The Morgan fingerprint density at radius 2 is 2.00 bits per heavy atom. The minimum Gasteiger partial charge on any atom is -0.382 e. The van der Waals surface area contributed by atoms with Crippen LogP contribution < -0.4 is 0 Å². The van der Waals surface area contributed by atoms with Crippen LogP contribution in [0.15, 0.2) is 36.8 Å². The molecule has 0 aliphatic heterocycles. The Morgan fingerprint density at radius 1 is 1.25 bits per heavy atom. The van der Waals surface area contributed by atoms with Crippen molar-refractivity contribution >= 4 is 22.6 Å². The van der Waals surface area contributed by atoms with Gasteiger partial charge in [0.2, 0.25) is 0 Å². The Labute approximate surface area is 120 Å². The highest BCUT2D eigenvalue weighted by atomic mass is 35.5. The van der Waals surface area contributed by atoms with E-state index in [4.69, 9.17) is 11.6 Å². The van der Waals surface area contributed by atoms with E-state index in [1.54, 1.807) is 23.3 Å². The van der Waals surface area contributed by atoms with Crippen LogP contribution in [0.5, 0.6) is 0 Å². The maximum atomic E-state index is 10.5. The van der Waals surface area contributed by atoms with Gasteiger partial charge in [0.1, 0.15) is 6.10 Å². The molecule has 0 bridgehead atoms. The summed E-state index contributed by atoms with van der Waals surface area (Å²) in [5.74, 6) is 0. The monoisotopic (exact) mass is 288 g/mol. The summed E-state index contributed by atoms with van der Waals surface area (Å²) in [6.45, 7) is 2.60. The molecule has 1 atom stereocenters. The molecule has 1 unspecified atom stereocenters. The van der Waals surface area contributed by atoms with Crippen molar-refractivity contribution in [3.63, 3.8) is 0 Å². The fourth-order valence-corrected chi connectivity index (χ4v) is 2.45. The Hall–Kier alpha value is -1.98. The van der Waals surface area contributed by atoms with Crippen LogP contribution in [-0.2, 0) is 6.54 Å². The van der Waals surface area contributed by atoms with Crippen LogP contribution in [0.3, 0.4) is 0 Å². The van der Waals surface area contributed by atoms with E-state index in [1.165, 1.54) is 0 Å². The summed E-state index contributed by atoms with van der Waals surface area (Å²) in [4.78, 5) is 8.45. The predicted octanol–water partition coefficient (Wildman–Crippen LogP) is 2.58. The molecule has 2 heterocycles. The Bertz CT molecular complexity index is 756. The summed E-state index contributed by atoms with van der Waals surface area (Å²) in [6.07, 6.45) is 3.98. The Kier molecular flexibility index (Phi) is 3.38. The van der Waals surface area contributed by atoms with Crippen LogP contribution in [0.4, 0.5) is 0 Å². The van der Waals surface area contributed by atoms with Crippen molar-refractivity contribution in [2.24, 2.45) is 0 Å². The standard InChI is InChI=1S/C14H13ClN4O/c1-2-19-13(10(15)8-18-19)14(20)9-3-4-11-12(7-9)17-6-5-16-11/h3-8,14,20H,2H2,1H3. The average Bonchev–Trinajstić information content (AvgIpc) is 2.87. The van der Waals surface area contributed by atoms with E-state index in [0.717, 1.165) is 16.6 Å². The Balaban J connectivity index is 2.07. The molecule has 0 saturated carbocycles. The number of halogens is 1. The molecule has 3 rings (SSSR count). The zero-order valence-corrected chi connectivity index (χ0v) is 11.6. The number of hydrogen-bond acceptors (Lipinski definition) is 4. The molecule has 5 nitrogen and oxygen atoms in total. The van der Waals surface area contributed by atoms with E-state index in [9.17, 15) is 5.11 Å². The number of aromatic nitrogens is 4. The van der Waals surface area contributed by atoms with Gasteiger partial charge in [-0.05, 0) is 24.6 Å². The zero-order valence-electron chi connectivity index (χ0n) is 10.9. The lowest BCUT2D eigenvalue weighted by molar-refractivity contribution is 0.208. The van der Waals surface area contributed by atoms with Gasteiger partial charge in [0.05, 0.1) is 27.9 Å². The van der Waals surface area contributed by atoms with Gasteiger partial charge in [-0.25, -0.2) is 0 Å². The van der Waals surface area contributed by atoms with Gasteiger partial charge in [0.25, 0.3) is 0 Å². The molecule has 0 spiro atoms. The van der Waals surface area contributed by atoms with E-state index in [-0.39, 0.29) is 0 Å². The molecule has 1 aromatic carbocycles. The third-order valence-corrected chi connectivity index (χ3v) is 3.49.